The number of hydroxylamine groups is 1. The van der Waals surface area contributed by atoms with Crippen LogP contribution in [0.4, 0.5) is 0 Å². The zero-order valence-electron chi connectivity index (χ0n) is 44.8. The van der Waals surface area contributed by atoms with Gasteiger partial charge < -0.3 is 135 Å². The van der Waals surface area contributed by atoms with E-state index in [9.17, 15) is 93.4 Å². The Morgan fingerprint density at radius 2 is 0.866 bits per heavy atom. The third-order valence-corrected chi connectivity index (χ3v) is 14.7. The number of aliphatic hydroxyl groups is 12. The molecule has 6 rings (SSSR count). The molecule has 4 amide bonds. The van der Waals surface area contributed by atoms with Crippen molar-refractivity contribution in [3.63, 3.8) is 0 Å². The maximum absolute atomic E-state index is 12.9. The number of hydrogen-bond acceptors (Lipinski definition) is 32. The van der Waals surface area contributed by atoms with Gasteiger partial charge in [0.1, 0.15) is 134 Å². The highest BCUT2D eigenvalue weighted by Gasteiger charge is 2.58. The maximum Gasteiger partial charge on any atom is 0.397 e. The number of hydrogen-bond donors (Lipinski definition) is 19. The van der Waals surface area contributed by atoms with E-state index in [1.807, 2.05) is 0 Å². The topological polar surface area (TPSA) is 548 Å². The van der Waals surface area contributed by atoms with E-state index < -0.39 is 245 Å². The molecule has 29 atom stereocenters. The Balaban J connectivity index is 1.28. The number of aliphatic hydroxyl groups excluding tert-OH is 12. The van der Waals surface area contributed by atoms with Crippen LogP contribution in [0.2, 0.25) is 0 Å². The average molecular weight is 1220 g/mol. The van der Waals surface area contributed by atoms with E-state index in [2.05, 4.69) is 36.2 Å². The summed E-state index contributed by atoms with van der Waals surface area (Å²) in [4.78, 5) is 56.1. The molecule has 0 aromatic rings. The summed E-state index contributed by atoms with van der Waals surface area (Å²) in [7, 11) is -4.00. The summed E-state index contributed by atoms with van der Waals surface area (Å²) in [5.41, 5.74) is 2.39. The Morgan fingerprint density at radius 3 is 1.28 bits per heavy atom. The highest BCUT2D eigenvalue weighted by molar-refractivity contribution is 7.80. The first-order chi connectivity index (χ1) is 38.5. The van der Waals surface area contributed by atoms with Gasteiger partial charge in [-0.2, -0.15) is 13.9 Å². The molecule has 29 unspecified atom stereocenters. The van der Waals surface area contributed by atoms with Gasteiger partial charge in [-0.1, -0.05) is 0 Å². The Labute approximate surface area is 467 Å². The minimum absolute atomic E-state index is 0.696. The lowest BCUT2D eigenvalue weighted by Crippen LogP contribution is -2.72. The molecule has 6 aliphatic rings. The van der Waals surface area contributed by atoms with E-state index in [1.165, 1.54) is 14.0 Å². The summed E-state index contributed by atoms with van der Waals surface area (Å²) < 4.78 is 97.8. The smallest absolute Gasteiger partial charge is 0.394 e. The molecule has 19 N–H and O–H groups in total. The van der Waals surface area contributed by atoms with Crippen molar-refractivity contribution in [2.75, 3.05) is 40.1 Å². The van der Waals surface area contributed by atoms with E-state index in [1.54, 1.807) is 0 Å². The highest BCUT2D eigenvalue weighted by atomic mass is 32.3. The SMILES string of the molecule is CNC1C(OC2C(CO)OC(OC3C(CO)OC(OC4C(COS(=O)(=O)O)OC(OC5C(COC6OC(C)C(O)C(O)C6O)ONC(NC(C)=O)C5O)C(NC(C)=O)C4O)C(NC(C)=O)C3O)C(NC(C)=O)C2O)OC(CO)C(O)C1O. The lowest BCUT2D eigenvalue weighted by atomic mass is 9.93. The van der Waals surface area contributed by atoms with Crippen LogP contribution < -0.4 is 32.1 Å². The molecule has 0 aromatic heterocycles. The Morgan fingerprint density at radius 1 is 0.463 bits per heavy atom. The van der Waals surface area contributed by atoms with Crippen LogP contribution in [0.5, 0.6) is 0 Å². The molecule has 0 radical (unpaired) electrons. The first kappa shape index (κ1) is 67.9. The first-order valence-corrected chi connectivity index (χ1v) is 27.1. The predicted molar refractivity (Wildman–Crippen MR) is 259 cm³/mol. The normalized spacial score (nSPS) is 44.7. The monoisotopic (exact) mass is 1220 g/mol. The summed E-state index contributed by atoms with van der Waals surface area (Å²) in [6, 6.07) is -6.61. The van der Waals surface area contributed by atoms with Crippen molar-refractivity contribution in [1.82, 2.24) is 32.1 Å². The number of nitrogens with one attached hydrogen (secondary N) is 6. The largest absolute Gasteiger partial charge is 0.397 e. The van der Waals surface area contributed by atoms with Crippen LogP contribution in [0.1, 0.15) is 34.6 Å². The van der Waals surface area contributed by atoms with Crippen LogP contribution in [0, 0.1) is 0 Å². The molecule has 37 nitrogen and oxygen atoms in total. The molecule has 0 saturated carbocycles. The van der Waals surface area contributed by atoms with Gasteiger partial charge in [0.25, 0.3) is 0 Å². The van der Waals surface area contributed by atoms with Gasteiger partial charge in [0.2, 0.25) is 23.6 Å². The van der Waals surface area contributed by atoms with Crippen LogP contribution in [0.25, 0.3) is 0 Å². The zero-order chi connectivity index (χ0) is 60.8. The van der Waals surface area contributed by atoms with Gasteiger partial charge in [0.15, 0.2) is 31.5 Å². The van der Waals surface area contributed by atoms with Gasteiger partial charge in [-0.25, -0.2) is 4.18 Å². The average Bonchev–Trinajstić information content (AvgIpc) is 2.98. The van der Waals surface area contributed by atoms with E-state index in [4.69, 9.17) is 52.2 Å². The lowest BCUT2D eigenvalue weighted by molar-refractivity contribution is -0.367. The summed E-state index contributed by atoms with van der Waals surface area (Å²) in [5.74, 6) is -3.28. The van der Waals surface area contributed by atoms with E-state index in [0.717, 1.165) is 27.7 Å². The van der Waals surface area contributed by atoms with Gasteiger partial charge in [-0.15, -0.1) is 0 Å². The van der Waals surface area contributed by atoms with Crippen molar-refractivity contribution in [3.8, 4) is 0 Å². The molecule has 0 bridgehead atoms. The number of likely N-dealkylation sites (N-methyl/N-ethyl adjacent to an activating group) is 1. The second kappa shape index (κ2) is 29.4. The molecule has 38 heteroatoms. The lowest BCUT2D eigenvalue weighted by Gasteiger charge is -2.51. The summed E-state index contributed by atoms with van der Waals surface area (Å²) in [5, 5.41) is 143. The minimum atomic E-state index is -5.37. The van der Waals surface area contributed by atoms with E-state index in [0.29, 0.717) is 0 Å². The molecule has 0 spiro atoms. The van der Waals surface area contributed by atoms with E-state index >= 15 is 0 Å². The molecule has 82 heavy (non-hydrogen) atoms. The van der Waals surface area contributed by atoms with Crippen LogP contribution in [0.3, 0.4) is 0 Å². The second-order valence-electron chi connectivity index (χ2n) is 20.2. The quantitative estimate of drug-likeness (QED) is 0.0448. The van der Waals surface area contributed by atoms with Crippen molar-refractivity contribution >= 4 is 34.0 Å². The number of amides is 4. The van der Waals surface area contributed by atoms with Gasteiger partial charge in [0, 0.05) is 27.7 Å². The summed E-state index contributed by atoms with van der Waals surface area (Å²) in [6.07, 6.45) is -43.8. The fraction of sp³-hybridized carbons (Fsp3) is 0.909. The maximum atomic E-state index is 12.9. The molecule has 6 fully saturated rings. The molecule has 6 heterocycles. The third-order valence-electron chi connectivity index (χ3n) is 14.2. The third kappa shape index (κ3) is 16.2. The van der Waals surface area contributed by atoms with Gasteiger partial charge in [-0.05, 0) is 14.0 Å². The van der Waals surface area contributed by atoms with Crippen LogP contribution in [0.15, 0.2) is 0 Å². The van der Waals surface area contributed by atoms with Crippen molar-refractivity contribution in [2.24, 2.45) is 0 Å². The number of rotatable bonds is 22. The Bertz CT molecular complexity index is 2220. The molecular weight excluding hydrogens is 1140 g/mol. The van der Waals surface area contributed by atoms with Gasteiger partial charge in [-0.3, -0.25) is 28.6 Å². The Hall–Kier alpha value is -3.25. The highest BCUT2D eigenvalue weighted by Crippen LogP contribution is 2.36. The first-order valence-electron chi connectivity index (χ1n) is 25.8. The van der Waals surface area contributed by atoms with Crippen molar-refractivity contribution in [3.05, 3.63) is 0 Å². The fourth-order valence-electron chi connectivity index (χ4n) is 10.2. The molecule has 6 saturated heterocycles. The van der Waals surface area contributed by atoms with Crippen molar-refractivity contribution in [2.45, 2.75) is 212 Å². The second-order valence-corrected chi connectivity index (χ2v) is 21.3. The van der Waals surface area contributed by atoms with Gasteiger partial charge in [0.05, 0.1) is 45.2 Å². The molecule has 0 aromatic carbocycles. The van der Waals surface area contributed by atoms with E-state index in [-0.39, 0.29) is 0 Å². The zero-order valence-corrected chi connectivity index (χ0v) is 45.7. The fourth-order valence-corrected chi connectivity index (χ4v) is 10.5. The van der Waals surface area contributed by atoms with Gasteiger partial charge >= 0.3 is 10.4 Å². The molecule has 474 valence electrons. The standard InChI is InChI=1S/C44H76N6O31S/c1-12-26(58)32(64)33(65)44(72-12)70-10-21-38(34(66)39(50-81-21)49-16(5)57)80-43-25(48-15(4)56)31(63)37(20(76-43)11-71-82(67,68)69)79-42-24(47-14(3)55)30(62)36(19(9-53)75-42)78-41-23(46-13(2)54)29(61)35(18(8-52)74-41)77-40-22(45-6)28(60)27(59)17(7-51)73-40/h12,17-45,50-53,58-66H,7-11H2,1-6H3,(H,46,54)(H,47,55)(H,48,56)(H,49,57)(H,67,68,69). The predicted octanol–water partition coefficient (Wildman–Crippen LogP) is -12.3. The number of ether oxygens (including phenoxy) is 10. The molecule has 6 aliphatic heterocycles. The molecule has 0 aliphatic carbocycles. The van der Waals surface area contributed by atoms with Crippen molar-refractivity contribution in [1.29, 1.82) is 0 Å². The van der Waals surface area contributed by atoms with Crippen LogP contribution in [-0.4, -0.2) is 316 Å². The Kier molecular flexibility index (Phi) is 24.4. The van der Waals surface area contributed by atoms with Crippen molar-refractivity contribution < 1.29 is 150 Å². The van der Waals surface area contributed by atoms with Crippen LogP contribution in [-0.2, 0) is 86.0 Å². The summed E-state index contributed by atoms with van der Waals surface area (Å²) in [6.45, 7) is 0.673. The van der Waals surface area contributed by atoms with Crippen LogP contribution >= 0.6 is 0 Å². The molecular formula is C44H76N6O31S. The summed E-state index contributed by atoms with van der Waals surface area (Å²) >= 11 is 0. The minimum Gasteiger partial charge on any atom is -0.394 e. The number of carbonyl (C=O) groups is 4. The number of carbonyl (C=O) groups excluding carboxylic acids is 4.